The second-order valence-electron chi connectivity index (χ2n) is 6.73. The van der Waals surface area contributed by atoms with E-state index in [0.29, 0.717) is 39.5 Å². The van der Waals surface area contributed by atoms with Gasteiger partial charge in [0.25, 0.3) is 11.8 Å². The van der Waals surface area contributed by atoms with Crippen LogP contribution in [0.5, 0.6) is 5.75 Å². The summed E-state index contributed by atoms with van der Waals surface area (Å²) in [7, 11) is 1.57. The lowest BCUT2D eigenvalue weighted by molar-refractivity contribution is -0.110. The lowest BCUT2D eigenvalue weighted by Gasteiger charge is -2.06. The van der Waals surface area contributed by atoms with Crippen molar-refractivity contribution in [3.8, 4) is 5.75 Å². The molecule has 0 fully saturated rings. The van der Waals surface area contributed by atoms with Gasteiger partial charge in [0.1, 0.15) is 5.75 Å². The first-order valence-corrected chi connectivity index (χ1v) is 9.14. The van der Waals surface area contributed by atoms with Gasteiger partial charge in [0.05, 0.1) is 30.1 Å². The van der Waals surface area contributed by atoms with Crippen LogP contribution in [0.25, 0.3) is 11.6 Å². The topological polar surface area (TPSA) is 123 Å². The molecule has 3 heterocycles. The van der Waals surface area contributed by atoms with E-state index in [-0.39, 0.29) is 12.6 Å². The van der Waals surface area contributed by atoms with Crippen LogP contribution in [0.15, 0.2) is 30.6 Å². The fourth-order valence-electron chi connectivity index (χ4n) is 3.36. The predicted octanol–water partition coefficient (Wildman–Crippen LogP) is 2.04. The summed E-state index contributed by atoms with van der Waals surface area (Å²) in [5.41, 5.74) is 6.86. The maximum atomic E-state index is 12.6. The van der Waals surface area contributed by atoms with E-state index in [2.05, 4.69) is 26.1 Å². The molecule has 0 saturated heterocycles. The fourth-order valence-corrected chi connectivity index (χ4v) is 3.36. The number of fused-ring (bicyclic) bond motifs is 1. The number of aromatic amines is 1. The largest absolute Gasteiger partial charge is 0.497 e. The van der Waals surface area contributed by atoms with Gasteiger partial charge in [0, 0.05) is 29.2 Å². The molecule has 0 atom stereocenters. The van der Waals surface area contributed by atoms with Gasteiger partial charge in [0.15, 0.2) is 6.73 Å². The normalized spacial score (nSPS) is 14.0. The third kappa shape index (κ3) is 3.55. The Morgan fingerprint density at radius 2 is 2.17 bits per heavy atom. The zero-order chi connectivity index (χ0) is 21.3. The number of benzene rings is 1. The first-order valence-electron chi connectivity index (χ1n) is 9.14. The van der Waals surface area contributed by atoms with Crippen LogP contribution in [-0.4, -0.2) is 38.9 Å². The van der Waals surface area contributed by atoms with Crippen molar-refractivity contribution in [1.29, 1.82) is 0 Å². The Morgan fingerprint density at radius 3 is 2.90 bits per heavy atom. The smallest absolute Gasteiger partial charge is 0.277 e. The van der Waals surface area contributed by atoms with E-state index in [0.717, 1.165) is 5.56 Å². The number of aromatic nitrogens is 4. The third-order valence-corrected chi connectivity index (χ3v) is 4.84. The van der Waals surface area contributed by atoms with Crippen LogP contribution in [0, 0.1) is 13.8 Å². The van der Waals surface area contributed by atoms with Crippen molar-refractivity contribution >= 4 is 29.2 Å². The van der Waals surface area contributed by atoms with Gasteiger partial charge in [-0.15, -0.1) is 5.10 Å². The monoisotopic (exact) mass is 408 g/mol. The van der Waals surface area contributed by atoms with Crippen LogP contribution < -0.4 is 15.5 Å². The van der Waals surface area contributed by atoms with Crippen LogP contribution in [0.3, 0.4) is 0 Å². The summed E-state index contributed by atoms with van der Waals surface area (Å²) in [6.07, 6.45) is 4.87. The Morgan fingerprint density at radius 1 is 1.33 bits per heavy atom. The first-order chi connectivity index (χ1) is 14.5. The number of aryl methyl sites for hydroxylation is 1. The minimum absolute atomic E-state index is 0.0333. The molecule has 0 radical (unpaired) electrons. The molecule has 4 rings (SSSR count). The first kappa shape index (κ1) is 19.4. The van der Waals surface area contributed by atoms with Crippen molar-refractivity contribution in [3.05, 3.63) is 58.7 Å². The highest BCUT2D eigenvalue weighted by Crippen LogP contribution is 2.36. The predicted molar refractivity (Wildman–Crippen MR) is 108 cm³/mol. The number of carbonyl (C=O) groups excluding carboxylic acids is 2. The number of hydrogen-bond donors (Lipinski definition) is 3. The van der Waals surface area contributed by atoms with Gasteiger partial charge in [0.2, 0.25) is 0 Å². The molecule has 3 aromatic rings. The van der Waals surface area contributed by atoms with E-state index in [1.165, 1.54) is 10.9 Å². The Kier molecular flexibility index (Phi) is 5.07. The van der Waals surface area contributed by atoms with E-state index in [4.69, 9.17) is 9.57 Å². The Bertz CT molecular complexity index is 1150. The van der Waals surface area contributed by atoms with Crippen LogP contribution in [0.4, 0.5) is 5.69 Å². The van der Waals surface area contributed by atoms with Crippen LogP contribution in [0.2, 0.25) is 0 Å². The minimum atomic E-state index is -0.396. The van der Waals surface area contributed by atoms with Crippen LogP contribution in [-0.2, 0) is 16.4 Å². The van der Waals surface area contributed by atoms with Crippen molar-refractivity contribution in [2.24, 2.45) is 0 Å². The van der Waals surface area contributed by atoms with Gasteiger partial charge >= 0.3 is 0 Å². The molecule has 1 aliphatic rings. The number of rotatable bonds is 6. The molecule has 0 spiro atoms. The molecule has 0 aliphatic carbocycles. The van der Waals surface area contributed by atoms with E-state index >= 15 is 0 Å². The van der Waals surface area contributed by atoms with Crippen molar-refractivity contribution in [2.75, 3.05) is 12.4 Å². The zero-order valence-corrected chi connectivity index (χ0v) is 16.6. The molecule has 2 aromatic heterocycles. The lowest BCUT2D eigenvalue weighted by atomic mass is 10.0. The summed E-state index contributed by atoms with van der Waals surface area (Å²) in [4.78, 5) is 33.4. The molecular weight excluding hydrogens is 388 g/mol. The van der Waals surface area contributed by atoms with Crippen molar-refractivity contribution < 1.29 is 19.2 Å². The Hall–Kier alpha value is -3.92. The number of nitrogens with zero attached hydrogens (tertiary/aromatic N) is 3. The second-order valence-corrected chi connectivity index (χ2v) is 6.73. The molecule has 1 aliphatic heterocycles. The number of nitrogens with one attached hydrogen (secondary N) is 3. The highest BCUT2D eigenvalue weighted by molar-refractivity contribution is 6.35. The van der Waals surface area contributed by atoms with Crippen LogP contribution in [0.1, 0.15) is 32.9 Å². The zero-order valence-electron chi connectivity index (χ0n) is 16.6. The molecule has 1 aromatic carbocycles. The van der Waals surface area contributed by atoms with Crippen molar-refractivity contribution in [1.82, 2.24) is 25.5 Å². The van der Waals surface area contributed by atoms with Gasteiger partial charge in [-0.1, -0.05) is 5.21 Å². The van der Waals surface area contributed by atoms with E-state index in [1.807, 2.05) is 13.0 Å². The highest BCUT2D eigenvalue weighted by Gasteiger charge is 2.26. The standard InChI is InChI=1S/C20H20N6O4/c1-11-16(9-15-14-5-4-13(29-3)8-17(14)23-19(15)27)22-12(2)18(11)20(28)24-30-10-26-7-6-21-25-26/h4-9,22H,10H2,1-3H3,(H,23,27)(H,24,28)/b15-9-. The average Bonchev–Trinajstić information content (AvgIpc) is 3.41. The summed E-state index contributed by atoms with van der Waals surface area (Å²) in [6.45, 7) is 3.63. The summed E-state index contributed by atoms with van der Waals surface area (Å²) in [5.74, 6) is 0.0474. The lowest BCUT2D eigenvalue weighted by Crippen LogP contribution is -2.26. The fraction of sp³-hybridized carbons (Fsp3) is 0.200. The number of methoxy groups -OCH3 is 1. The van der Waals surface area contributed by atoms with Gasteiger partial charge in [-0.25, -0.2) is 15.0 Å². The molecule has 10 heteroatoms. The molecule has 154 valence electrons. The average molecular weight is 408 g/mol. The van der Waals surface area contributed by atoms with E-state index in [1.54, 1.807) is 38.4 Å². The van der Waals surface area contributed by atoms with Crippen molar-refractivity contribution in [3.63, 3.8) is 0 Å². The second kappa shape index (κ2) is 7.84. The van der Waals surface area contributed by atoms with Gasteiger partial charge in [-0.2, -0.15) is 0 Å². The quantitative estimate of drug-likeness (QED) is 0.424. The Labute approximate surface area is 171 Å². The molecule has 30 heavy (non-hydrogen) atoms. The van der Waals surface area contributed by atoms with Gasteiger partial charge in [-0.3, -0.25) is 9.59 Å². The molecular formula is C20H20N6O4. The summed E-state index contributed by atoms with van der Waals surface area (Å²) in [5, 5.41) is 10.2. The van der Waals surface area contributed by atoms with Gasteiger partial charge < -0.3 is 15.0 Å². The summed E-state index contributed by atoms with van der Waals surface area (Å²) in [6, 6.07) is 5.39. The highest BCUT2D eigenvalue weighted by atomic mass is 16.7. The van der Waals surface area contributed by atoms with Crippen LogP contribution >= 0.6 is 0 Å². The molecule has 0 saturated carbocycles. The molecule has 0 unspecified atom stereocenters. The maximum absolute atomic E-state index is 12.6. The number of anilines is 1. The number of carbonyl (C=O) groups is 2. The number of ether oxygens (including phenoxy) is 1. The Balaban J connectivity index is 1.56. The maximum Gasteiger partial charge on any atom is 0.277 e. The molecule has 0 bridgehead atoms. The number of amides is 2. The SMILES string of the molecule is COc1ccc2c(c1)NC(=O)/C2=C\c1[nH]c(C)c(C(=O)NOCn2ccnn2)c1C. The molecule has 10 nitrogen and oxygen atoms in total. The van der Waals surface area contributed by atoms with Crippen molar-refractivity contribution in [2.45, 2.75) is 20.6 Å². The number of hydrogen-bond acceptors (Lipinski definition) is 6. The summed E-state index contributed by atoms with van der Waals surface area (Å²) < 4.78 is 6.64. The molecule has 2 amide bonds. The van der Waals surface area contributed by atoms with E-state index < -0.39 is 5.91 Å². The van der Waals surface area contributed by atoms with E-state index in [9.17, 15) is 9.59 Å². The number of H-pyrrole nitrogens is 1. The minimum Gasteiger partial charge on any atom is -0.497 e. The van der Waals surface area contributed by atoms with Gasteiger partial charge in [-0.05, 0) is 37.6 Å². The third-order valence-electron chi connectivity index (χ3n) is 4.84. The number of hydroxylamine groups is 1. The molecule has 3 N–H and O–H groups in total. The summed E-state index contributed by atoms with van der Waals surface area (Å²) >= 11 is 0.